The Bertz CT molecular complexity index is 1230. The molecule has 0 unspecified atom stereocenters. The maximum atomic E-state index is 13.4. The molecule has 0 fully saturated rings. The number of para-hydroxylation sites is 2. The van der Waals surface area contributed by atoms with Crippen molar-refractivity contribution in [1.29, 1.82) is 0 Å². The summed E-state index contributed by atoms with van der Waals surface area (Å²) in [6, 6.07) is 15.3. The molecule has 0 atom stereocenters. The molecule has 2 heterocycles. The average Bonchev–Trinajstić information content (AvgIpc) is 3.06. The van der Waals surface area contributed by atoms with Gasteiger partial charge in [0.05, 0.1) is 11.4 Å². The van der Waals surface area contributed by atoms with Crippen LogP contribution < -0.4 is 10.9 Å². The number of amides is 1. The van der Waals surface area contributed by atoms with Crippen LogP contribution in [0.25, 0.3) is 27.6 Å². The Labute approximate surface area is 159 Å². The SMILES string of the molecule is CNC(=O)CSc1nc2c([nH]c3ccccc32)c(=O)n1-c1ccccc1C. The molecule has 7 heteroatoms. The zero-order chi connectivity index (χ0) is 19.0. The van der Waals surface area contributed by atoms with Crippen molar-refractivity contribution in [3.05, 3.63) is 64.4 Å². The number of hydrogen-bond acceptors (Lipinski definition) is 4. The highest BCUT2D eigenvalue weighted by Gasteiger charge is 2.18. The van der Waals surface area contributed by atoms with E-state index in [4.69, 9.17) is 4.98 Å². The molecule has 6 nitrogen and oxygen atoms in total. The van der Waals surface area contributed by atoms with E-state index in [0.29, 0.717) is 16.2 Å². The molecule has 0 spiro atoms. The molecule has 0 aliphatic rings. The molecule has 0 radical (unpaired) electrons. The Balaban J connectivity index is 2.02. The first-order valence-electron chi connectivity index (χ1n) is 8.53. The molecule has 4 rings (SSSR count). The monoisotopic (exact) mass is 378 g/mol. The van der Waals surface area contributed by atoms with Crippen LogP contribution >= 0.6 is 11.8 Å². The molecule has 0 bridgehead atoms. The van der Waals surface area contributed by atoms with Gasteiger partial charge in [-0.25, -0.2) is 4.98 Å². The van der Waals surface area contributed by atoms with Crippen molar-refractivity contribution in [2.45, 2.75) is 12.1 Å². The molecule has 27 heavy (non-hydrogen) atoms. The first kappa shape index (κ1) is 17.4. The van der Waals surface area contributed by atoms with E-state index in [0.717, 1.165) is 22.2 Å². The molecule has 0 aliphatic heterocycles. The van der Waals surface area contributed by atoms with E-state index in [9.17, 15) is 9.59 Å². The lowest BCUT2D eigenvalue weighted by Crippen LogP contribution is -2.24. The third-order valence-corrected chi connectivity index (χ3v) is 5.40. The van der Waals surface area contributed by atoms with E-state index in [1.807, 2.05) is 55.5 Å². The van der Waals surface area contributed by atoms with Crippen molar-refractivity contribution in [3.63, 3.8) is 0 Å². The number of aryl methyl sites for hydroxylation is 1. The summed E-state index contributed by atoms with van der Waals surface area (Å²) in [6.45, 7) is 1.95. The molecule has 0 saturated carbocycles. The fourth-order valence-corrected chi connectivity index (χ4v) is 3.94. The van der Waals surface area contributed by atoms with Crippen LogP contribution in [0.5, 0.6) is 0 Å². The zero-order valence-electron chi connectivity index (χ0n) is 14.9. The van der Waals surface area contributed by atoms with Gasteiger partial charge in [-0.2, -0.15) is 0 Å². The Morgan fingerprint density at radius 3 is 2.70 bits per heavy atom. The second-order valence-electron chi connectivity index (χ2n) is 6.18. The van der Waals surface area contributed by atoms with Gasteiger partial charge in [-0.1, -0.05) is 48.2 Å². The van der Waals surface area contributed by atoms with Crippen molar-refractivity contribution in [3.8, 4) is 5.69 Å². The number of nitrogens with zero attached hydrogens (tertiary/aromatic N) is 2. The number of H-pyrrole nitrogens is 1. The number of carbonyl (C=O) groups excluding carboxylic acids is 1. The lowest BCUT2D eigenvalue weighted by Gasteiger charge is -2.14. The van der Waals surface area contributed by atoms with Crippen LogP contribution in [-0.4, -0.2) is 33.2 Å². The number of hydrogen-bond donors (Lipinski definition) is 2. The van der Waals surface area contributed by atoms with Crippen LogP contribution in [0.4, 0.5) is 0 Å². The van der Waals surface area contributed by atoms with E-state index in [2.05, 4.69) is 10.3 Å². The molecule has 2 aromatic carbocycles. The molecule has 1 amide bonds. The van der Waals surface area contributed by atoms with Gasteiger partial charge in [0.2, 0.25) is 5.91 Å². The summed E-state index contributed by atoms with van der Waals surface area (Å²) in [5, 5.41) is 3.99. The Morgan fingerprint density at radius 2 is 1.93 bits per heavy atom. The van der Waals surface area contributed by atoms with Gasteiger partial charge >= 0.3 is 0 Å². The van der Waals surface area contributed by atoms with Crippen LogP contribution in [0.3, 0.4) is 0 Å². The van der Waals surface area contributed by atoms with E-state index < -0.39 is 0 Å². The predicted molar refractivity (Wildman–Crippen MR) is 109 cm³/mol. The van der Waals surface area contributed by atoms with Gasteiger partial charge in [-0.15, -0.1) is 0 Å². The summed E-state index contributed by atoms with van der Waals surface area (Å²) in [4.78, 5) is 33.1. The number of aromatic nitrogens is 3. The highest BCUT2D eigenvalue weighted by molar-refractivity contribution is 7.99. The number of aromatic amines is 1. The first-order chi connectivity index (χ1) is 13.1. The third-order valence-electron chi connectivity index (χ3n) is 4.46. The number of benzene rings is 2. The lowest BCUT2D eigenvalue weighted by atomic mass is 10.2. The maximum absolute atomic E-state index is 13.4. The quantitative estimate of drug-likeness (QED) is 0.423. The zero-order valence-corrected chi connectivity index (χ0v) is 15.8. The molecule has 136 valence electrons. The highest BCUT2D eigenvalue weighted by Crippen LogP contribution is 2.27. The van der Waals surface area contributed by atoms with Crippen molar-refractivity contribution in [1.82, 2.24) is 19.9 Å². The molecule has 2 aromatic heterocycles. The van der Waals surface area contributed by atoms with E-state index >= 15 is 0 Å². The summed E-state index contributed by atoms with van der Waals surface area (Å²) >= 11 is 1.25. The van der Waals surface area contributed by atoms with Crippen LogP contribution in [-0.2, 0) is 4.79 Å². The maximum Gasteiger partial charge on any atom is 0.283 e. The topological polar surface area (TPSA) is 79.8 Å². The van der Waals surface area contributed by atoms with Crippen LogP contribution in [0.2, 0.25) is 0 Å². The summed E-state index contributed by atoms with van der Waals surface area (Å²) in [5.41, 5.74) is 3.49. The number of rotatable bonds is 4. The molecule has 0 aliphatic carbocycles. The van der Waals surface area contributed by atoms with Gasteiger partial charge in [-0.3, -0.25) is 14.2 Å². The number of carbonyl (C=O) groups is 1. The Hall–Kier alpha value is -3.06. The van der Waals surface area contributed by atoms with Gasteiger partial charge < -0.3 is 10.3 Å². The fraction of sp³-hybridized carbons (Fsp3) is 0.150. The summed E-state index contributed by atoms with van der Waals surface area (Å²) in [7, 11) is 1.59. The average molecular weight is 378 g/mol. The molecule has 2 N–H and O–H groups in total. The number of thioether (sulfide) groups is 1. The van der Waals surface area contributed by atoms with Gasteiger partial charge in [0.25, 0.3) is 5.56 Å². The predicted octanol–water partition coefficient (Wildman–Crippen LogP) is 3.01. The van der Waals surface area contributed by atoms with Gasteiger partial charge in [0, 0.05) is 18.0 Å². The first-order valence-corrected chi connectivity index (χ1v) is 9.51. The van der Waals surface area contributed by atoms with E-state index in [-0.39, 0.29) is 17.2 Å². The van der Waals surface area contributed by atoms with Crippen molar-refractivity contribution in [2.24, 2.45) is 0 Å². The summed E-state index contributed by atoms with van der Waals surface area (Å²) in [5.74, 6) is 0.0625. The molecular weight excluding hydrogens is 360 g/mol. The van der Waals surface area contributed by atoms with Crippen LogP contribution in [0, 0.1) is 6.92 Å². The van der Waals surface area contributed by atoms with Crippen molar-refractivity contribution in [2.75, 3.05) is 12.8 Å². The Kier molecular flexibility index (Phi) is 4.45. The standard InChI is InChI=1S/C20H18N4O2S/c1-12-7-3-6-10-15(12)24-19(26)18-17(13-8-4-5-9-14(13)22-18)23-20(24)27-11-16(25)21-2/h3-10,22H,11H2,1-2H3,(H,21,25). The van der Waals surface area contributed by atoms with Crippen molar-refractivity contribution < 1.29 is 4.79 Å². The number of fused-ring (bicyclic) bond motifs is 3. The molecule has 4 aromatic rings. The fourth-order valence-electron chi connectivity index (χ4n) is 3.07. The third kappa shape index (κ3) is 3.00. The van der Waals surface area contributed by atoms with Gasteiger partial charge in [0.1, 0.15) is 11.0 Å². The second-order valence-corrected chi connectivity index (χ2v) is 7.12. The van der Waals surface area contributed by atoms with E-state index in [1.54, 1.807) is 11.6 Å². The van der Waals surface area contributed by atoms with Gasteiger partial charge in [-0.05, 0) is 24.6 Å². The number of nitrogens with one attached hydrogen (secondary N) is 2. The van der Waals surface area contributed by atoms with Crippen LogP contribution in [0.1, 0.15) is 5.56 Å². The van der Waals surface area contributed by atoms with Gasteiger partial charge in [0.15, 0.2) is 5.16 Å². The Morgan fingerprint density at radius 1 is 1.19 bits per heavy atom. The summed E-state index contributed by atoms with van der Waals surface area (Å²) in [6.07, 6.45) is 0. The minimum atomic E-state index is -0.176. The summed E-state index contributed by atoms with van der Waals surface area (Å²) < 4.78 is 1.58. The van der Waals surface area contributed by atoms with E-state index in [1.165, 1.54) is 11.8 Å². The van der Waals surface area contributed by atoms with Crippen LogP contribution in [0.15, 0.2) is 58.5 Å². The minimum Gasteiger partial charge on any atom is -0.358 e. The van der Waals surface area contributed by atoms with Crippen molar-refractivity contribution >= 4 is 39.6 Å². The second kappa shape index (κ2) is 6.92. The molecule has 0 saturated heterocycles. The highest BCUT2D eigenvalue weighted by atomic mass is 32.2. The normalized spacial score (nSPS) is 11.2. The minimum absolute atomic E-state index is 0.121. The smallest absolute Gasteiger partial charge is 0.283 e. The largest absolute Gasteiger partial charge is 0.358 e. The molecular formula is C20H18N4O2S. The lowest BCUT2D eigenvalue weighted by molar-refractivity contribution is -0.118.